The van der Waals surface area contributed by atoms with Crippen molar-refractivity contribution < 1.29 is 24.5 Å². The number of rotatable bonds is 4. The zero-order valence-corrected chi connectivity index (χ0v) is 32.3. The van der Waals surface area contributed by atoms with Crippen LogP contribution in [0.2, 0.25) is 0 Å². The first-order valence-electron chi connectivity index (χ1n) is 16.6. The Morgan fingerprint density at radius 1 is 0.673 bits per heavy atom. The summed E-state index contributed by atoms with van der Waals surface area (Å²) in [6.07, 6.45) is 4.91. The second kappa shape index (κ2) is 14.6. The van der Waals surface area contributed by atoms with Crippen molar-refractivity contribution in [3.8, 4) is 33.8 Å². The first-order chi connectivity index (χ1) is 22.9. The predicted molar refractivity (Wildman–Crippen MR) is 199 cm³/mol. The van der Waals surface area contributed by atoms with Gasteiger partial charge >= 0.3 is 0 Å². The fourth-order valence-electron chi connectivity index (χ4n) is 6.08. The van der Waals surface area contributed by atoms with Crippen LogP contribution in [0.15, 0.2) is 89.6 Å². The molecule has 0 saturated heterocycles. The van der Waals surface area contributed by atoms with Crippen LogP contribution in [0.3, 0.4) is 0 Å². The quantitative estimate of drug-likeness (QED) is 0.166. The summed E-state index contributed by atoms with van der Waals surface area (Å²) in [5, 5.41) is 2.05. The predicted octanol–water partition coefficient (Wildman–Crippen LogP) is 11.5. The maximum Gasteiger partial charge on any atom is 0.216 e. The van der Waals surface area contributed by atoms with E-state index in [1.807, 2.05) is 30.6 Å². The molecule has 4 heterocycles. The molecule has 0 aliphatic heterocycles. The third kappa shape index (κ3) is 7.90. The van der Waals surface area contributed by atoms with Crippen molar-refractivity contribution in [2.45, 2.75) is 68.7 Å². The van der Waals surface area contributed by atoms with Crippen molar-refractivity contribution in [2.24, 2.45) is 5.41 Å². The monoisotopic (exact) mass is 822 g/mol. The topological polar surface area (TPSA) is 51.8 Å². The number of hydrogen-bond donors (Lipinski definition) is 0. The van der Waals surface area contributed by atoms with Gasteiger partial charge in [-0.3, -0.25) is 0 Å². The molecule has 0 atom stereocenters. The Kier molecular flexibility index (Phi) is 10.7. The number of aryl methyl sites for hydroxylation is 6. The van der Waals surface area contributed by atoms with Crippen LogP contribution in [-0.2, 0) is 26.5 Å². The van der Waals surface area contributed by atoms with E-state index in [1.54, 1.807) is 0 Å². The molecule has 3 aromatic carbocycles. The molecule has 5 heteroatoms. The van der Waals surface area contributed by atoms with Gasteiger partial charge < -0.3 is 14.4 Å². The second-order valence-corrected chi connectivity index (χ2v) is 14.2. The van der Waals surface area contributed by atoms with Crippen LogP contribution in [0.5, 0.6) is 0 Å². The van der Waals surface area contributed by atoms with Crippen LogP contribution >= 0.6 is 0 Å². The van der Waals surface area contributed by atoms with Crippen LogP contribution in [-0.4, -0.2) is 15.0 Å². The molecule has 49 heavy (non-hydrogen) atoms. The Hall–Kier alpha value is -4.44. The van der Waals surface area contributed by atoms with Crippen molar-refractivity contribution in [3.05, 3.63) is 136 Å². The maximum atomic E-state index is 6.35. The van der Waals surface area contributed by atoms with E-state index < -0.39 is 0 Å². The minimum absolute atomic E-state index is 0. The summed E-state index contributed by atoms with van der Waals surface area (Å²) in [6, 6.07) is 31.5. The summed E-state index contributed by atoms with van der Waals surface area (Å²) in [4.78, 5) is 14.1. The van der Waals surface area contributed by atoms with Gasteiger partial charge in [0.05, 0.1) is 11.3 Å². The van der Waals surface area contributed by atoms with E-state index in [4.69, 9.17) is 14.4 Å². The van der Waals surface area contributed by atoms with Crippen molar-refractivity contribution in [3.63, 3.8) is 0 Å². The van der Waals surface area contributed by atoms with Crippen molar-refractivity contribution in [1.82, 2.24) is 15.0 Å². The zero-order chi connectivity index (χ0) is 34.2. The molecular weight excluding hydrogens is 779 g/mol. The number of benzene rings is 3. The molecule has 0 amide bonds. The van der Waals surface area contributed by atoms with E-state index in [9.17, 15) is 0 Å². The Balaban J connectivity index is 0.000000246. The molecule has 0 N–H and O–H groups in total. The van der Waals surface area contributed by atoms with Crippen LogP contribution in [0.4, 0.5) is 0 Å². The Labute approximate surface area is 304 Å². The fraction of sp³-hybridized carbons (Fsp3) is 0.250. The van der Waals surface area contributed by atoms with E-state index in [0.29, 0.717) is 5.71 Å². The van der Waals surface area contributed by atoms with Gasteiger partial charge in [-0.05, 0) is 92.2 Å². The molecule has 4 aromatic heterocycles. The SMILES string of the molecule is Cc1c[c-]c(-c2cc(C)c(C)cn2)cc1.Cc1cc(-c2[c-]ccc3c2oc2nc(-c4c(C)cccc4C)ccc23)ncc1CC(C)(C)C.[Ir]. The van der Waals surface area contributed by atoms with Gasteiger partial charge in [0.1, 0.15) is 0 Å². The average Bonchev–Trinajstić information content (AvgIpc) is 3.42. The molecule has 4 nitrogen and oxygen atoms in total. The minimum atomic E-state index is 0. The molecule has 0 saturated carbocycles. The van der Waals surface area contributed by atoms with Crippen LogP contribution in [0, 0.1) is 59.1 Å². The van der Waals surface area contributed by atoms with E-state index in [-0.39, 0.29) is 25.5 Å². The summed E-state index contributed by atoms with van der Waals surface area (Å²) in [5.74, 6) is 0. The van der Waals surface area contributed by atoms with E-state index in [1.165, 1.54) is 44.5 Å². The van der Waals surface area contributed by atoms with Gasteiger partial charge in [-0.25, -0.2) is 4.98 Å². The number of fused-ring (bicyclic) bond motifs is 3. The molecule has 7 aromatic rings. The van der Waals surface area contributed by atoms with Gasteiger partial charge in [0, 0.05) is 43.4 Å². The molecular formula is C44H43IrN3O-2. The summed E-state index contributed by atoms with van der Waals surface area (Å²) < 4.78 is 6.35. The number of nitrogens with zero attached hydrogens (tertiary/aromatic N) is 3. The molecule has 0 bridgehead atoms. The third-order valence-corrected chi connectivity index (χ3v) is 8.85. The Bertz CT molecular complexity index is 2240. The minimum Gasteiger partial charge on any atom is -0.486 e. The molecule has 7 rings (SSSR count). The summed E-state index contributed by atoms with van der Waals surface area (Å²) in [5.41, 5.74) is 16.2. The smallest absolute Gasteiger partial charge is 0.216 e. The average molecular weight is 822 g/mol. The first kappa shape index (κ1) is 35.9. The van der Waals surface area contributed by atoms with Crippen LogP contribution in [0.1, 0.15) is 59.7 Å². The third-order valence-electron chi connectivity index (χ3n) is 8.85. The molecule has 0 aliphatic carbocycles. The van der Waals surface area contributed by atoms with Gasteiger partial charge in [0.2, 0.25) is 5.71 Å². The van der Waals surface area contributed by atoms with Crippen molar-refractivity contribution >= 4 is 22.1 Å². The van der Waals surface area contributed by atoms with Crippen molar-refractivity contribution in [1.29, 1.82) is 0 Å². The van der Waals surface area contributed by atoms with Crippen molar-refractivity contribution in [2.75, 3.05) is 0 Å². The van der Waals surface area contributed by atoms with E-state index >= 15 is 0 Å². The van der Waals surface area contributed by atoms with Crippen LogP contribution < -0.4 is 0 Å². The van der Waals surface area contributed by atoms with Gasteiger partial charge in [-0.2, -0.15) is 0 Å². The molecule has 0 spiro atoms. The number of pyridine rings is 3. The fourth-order valence-corrected chi connectivity index (χ4v) is 6.08. The largest absolute Gasteiger partial charge is 0.486 e. The second-order valence-electron chi connectivity index (χ2n) is 14.2. The Morgan fingerprint density at radius 2 is 1.39 bits per heavy atom. The maximum absolute atomic E-state index is 6.35. The standard InChI is InChI=1S/C30H29N2O.C14H14N.Ir/c1-18-9-7-10-19(2)27(18)25-14-13-23-22-11-8-12-24(28(22)33-29(23)32-25)26-15-20(3)21(17-31-26)16-30(4,5)6;1-10-4-6-13(7-5-10)14-8-11(2)12(3)9-15-14;/h7-11,13-15,17H,16H2,1-6H3;4-6,8-9H,1-3H3;/q2*-1;. The molecule has 251 valence electrons. The number of aromatic nitrogens is 3. The Morgan fingerprint density at radius 3 is 2.04 bits per heavy atom. The normalized spacial score (nSPS) is 11.3. The molecule has 1 radical (unpaired) electrons. The van der Waals surface area contributed by atoms with Gasteiger partial charge in [0.15, 0.2) is 0 Å². The summed E-state index contributed by atoms with van der Waals surface area (Å²) in [7, 11) is 0. The van der Waals surface area contributed by atoms with Gasteiger partial charge in [-0.1, -0.05) is 80.1 Å². The summed E-state index contributed by atoms with van der Waals surface area (Å²) in [6.45, 7) is 19.4. The van der Waals surface area contributed by atoms with Crippen LogP contribution in [0.25, 0.3) is 55.8 Å². The zero-order valence-electron chi connectivity index (χ0n) is 29.9. The molecule has 0 fully saturated rings. The first-order valence-corrected chi connectivity index (χ1v) is 16.6. The number of furan rings is 1. The molecule has 0 aliphatic rings. The van der Waals surface area contributed by atoms with Gasteiger partial charge in [0.25, 0.3) is 0 Å². The molecule has 0 unspecified atom stereocenters. The van der Waals surface area contributed by atoms with Gasteiger partial charge in [-0.15, -0.1) is 53.6 Å². The van der Waals surface area contributed by atoms with E-state index in [0.717, 1.165) is 51.0 Å². The van der Waals surface area contributed by atoms with E-state index in [2.05, 4.69) is 134 Å². The number of hydrogen-bond acceptors (Lipinski definition) is 4. The summed E-state index contributed by atoms with van der Waals surface area (Å²) >= 11 is 0.